The SMILES string of the molecule is C=CCn1c(=O)c2cnc(SC)nc2n1-c1ccc2c(n1)C(=O)N(C)C2. The summed E-state index contributed by atoms with van der Waals surface area (Å²) in [6.07, 6.45) is 5.03. The van der Waals surface area contributed by atoms with Crippen molar-refractivity contribution in [2.24, 2.45) is 0 Å². The van der Waals surface area contributed by atoms with Crippen LogP contribution in [0.15, 0.2) is 40.9 Å². The third kappa shape index (κ3) is 2.35. The second-order valence-corrected chi connectivity index (χ2v) is 6.69. The summed E-state index contributed by atoms with van der Waals surface area (Å²) >= 11 is 1.39. The Morgan fingerprint density at radius 1 is 1.31 bits per heavy atom. The summed E-state index contributed by atoms with van der Waals surface area (Å²) < 4.78 is 3.13. The van der Waals surface area contributed by atoms with Gasteiger partial charge in [0, 0.05) is 25.4 Å². The van der Waals surface area contributed by atoms with Crippen molar-refractivity contribution in [1.29, 1.82) is 0 Å². The number of fused-ring (bicyclic) bond motifs is 2. The van der Waals surface area contributed by atoms with Gasteiger partial charge in [0.1, 0.15) is 11.1 Å². The minimum atomic E-state index is -0.224. The Balaban J connectivity index is 2.02. The summed E-state index contributed by atoms with van der Waals surface area (Å²) in [5, 5.41) is 0.953. The van der Waals surface area contributed by atoms with Crippen LogP contribution in [-0.2, 0) is 13.1 Å². The molecule has 0 radical (unpaired) electrons. The first kappa shape index (κ1) is 16.5. The van der Waals surface area contributed by atoms with Crippen molar-refractivity contribution >= 4 is 28.7 Å². The monoisotopic (exact) mass is 368 g/mol. The molecule has 0 aliphatic carbocycles. The lowest BCUT2D eigenvalue weighted by molar-refractivity contribution is 0.0812. The summed E-state index contributed by atoms with van der Waals surface area (Å²) in [5.74, 6) is 0.336. The molecule has 0 N–H and O–H groups in total. The van der Waals surface area contributed by atoms with Crippen LogP contribution in [0.4, 0.5) is 0 Å². The molecule has 4 rings (SSSR count). The molecular formula is C17H16N6O2S. The fourth-order valence-electron chi connectivity index (χ4n) is 3.05. The second-order valence-electron chi connectivity index (χ2n) is 5.92. The van der Waals surface area contributed by atoms with Crippen LogP contribution in [0.3, 0.4) is 0 Å². The molecule has 0 fully saturated rings. The first-order chi connectivity index (χ1) is 12.5. The third-order valence-corrected chi connectivity index (χ3v) is 4.84. The van der Waals surface area contributed by atoms with Gasteiger partial charge >= 0.3 is 0 Å². The van der Waals surface area contributed by atoms with E-state index in [4.69, 9.17) is 0 Å². The van der Waals surface area contributed by atoms with Gasteiger partial charge < -0.3 is 4.90 Å². The largest absolute Gasteiger partial charge is 0.336 e. The molecular weight excluding hydrogens is 352 g/mol. The van der Waals surface area contributed by atoms with E-state index < -0.39 is 0 Å². The molecule has 8 nitrogen and oxygen atoms in total. The number of allylic oxidation sites excluding steroid dienone is 1. The number of hydrogen-bond donors (Lipinski definition) is 0. The number of carbonyl (C=O) groups is 1. The van der Waals surface area contributed by atoms with Crippen LogP contribution in [0, 0.1) is 0 Å². The average molecular weight is 368 g/mol. The number of rotatable bonds is 4. The topological polar surface area (TPSA) is 85.9 Å². The van der Waals surface area contributed by atoms with Crippen LogP contribution in [0.5, 0.6) is 0 Å². The van der Waals surface area contributed by atoms with Crippen molar-refractivity contribution in [2.45, 2.75) is 18.2 Å². The number of hydrogen-bond acceptors (Lipinski definition) is 6. The van der Waals surface area contributed by atoms with Gasteiger partial charge in [-0.05, 0) is 12.3 Å². The molecule has 3 aromatic heterocycles. The zero-order chi connectivity index (χ0) is 18.4. The van der Waals surface area contributed by atoms with Crippen LogP contribution in [0.1, 0.15) is 16.1 Å². The maximum absolute atomic E-state index is 12.8. The molecule has 132 valence electrons. The van der Waals surface area contributed by atoms with Crippen LogP contribution in [0.25, 0.3) is 16.9 Å². The zero-order valence-corrected chi connectivity index (χ0v) is 15.2. The average Bonchev–Trinajstić information content (AvgIpc) is 3.09. The number of aromatic nitrogens is 5. The number of amides is 1. The summed E-state index contributed by atoms with van der Waals surface area (Å²) in [4.78, 5) is 39.9. The minimum Gasteiger partial charge on any atom is -0.336 e. The van der Waals surface area contributed by atoms with Crippen molar-refractivity contribution in [3.8, 4) is 5.82 Å². The minimum absolute atomic E-state index is 0.129. The molecule has 0 saturated carbocycles. The van der Waals surface area contributed by atoms with E-state index in [9.17, 15) is 9.59 Å². The quantitative estimate of drug-likeness (QED) is 0.394. The fourth-order valence-corrected chi connectivity index (χ4v) is 3.38. The van der Waals surface area contributed by atoms with Crippen LogP contribution >= 0.6 is 11.8 Å². The van der Waals surface area contributed by atoms with Gasteiger partial charge in [-0.2, -0.15) is 0 Å². The smallest absolute Gasteiger partial charge is 0.278 e. The normalized spacial score (nSPS) is 13.5. The highest BCUT2D eigenvalue weighted by atomic mass is 32.2. The standard InChI is InChI=1S/C17H16N6O2S/c1-4-7-22-15(24)11-8-18-17(26-3)20-14(11)23(22)12-6-5-10-9-21(2)16(25)13(10)19-12/h4-6,8H,1,7,9H2,2-3H3. The van der Waals surface area contributed by atoms with E-state index in [1.165, 1.54) is 22.6 Å². The summed E-state index contributed by atoms with van der Waals surface area (Å²) in [6, 6.07) is 3.66. The van der Waals surface area contributed by atoms with Gasteiger partial charge in [-0.1, -0.05) is 23.9 Å². The van der Waals surface area contributed by atoms with Crippen LogP contribution in [0.2, 0.25) is 0 Å². The Labute approximate surface area is 153 Å². The molecule has 0 atom stereocenters. The highest BCUT2D eigenvalue weighted by Gasteiger charge is 2.27. The summed E-state index contributed by atoms with van der Waals surface area (Å²) in [5.41, 5.74) is 1.51. The second kappa shape index (κ2) is 6.10. The maximum atomic E-state index is 12.8. The van der Waals surface area contributed by atoms with Crippen molar-refractivity contribution in [3.63, 3.8) is 0 Å². The first-order valence-corrected chi connectivity index (χ1v) is 9.17. The molecule has 0 spiro atoms. The summed E-state index contributed by atoms with van der Waals surface area (Å²) in [6.45, 7) is 4.54. The molecule has 1 aliphatic rings. The van der Waals surface area contributed by atoms with E-state index in [1.807, 2.05) is 12.3 Å². The van der Waals surface area contributed by atoms with Gasteiger partial charge in [0.05, 0.1) is 6.54 Å². The Bertz CT molecular complexity index is 1120. The fraction of sp³-hybridized carbons (Fsp3) is 0.235. The van der Waals surface area contributed by atoms with E-state index in [0.29, 0.717) is 34.2 Å². The molecule has 26 heavy (non-hydrogen) atoms. The molecule has 1 aliphatic heterocycles. The van der Waals surface area contributed by atoms with Crippen molar-refractivity contribution in [1.82, 2.24) is 29.2 Å². The lowest BCUT2D eigenvalue weighted by Gasteiger charge is -2.10. The third-order valence-electron chi connectivity index (χ3n) is 4.28. The van der Waals surface area contributed by atoms with Gasteiger partial charge in [-0.3, -0.25) is 9.59 Å². The molecule has 9 heteroatoms. The summed E-state index contributed by atoms with van der Waals surface area (Å²) in [7, 11) is 1.74. The molecule has 0 aromatic carbocycles. The number of nitrogens with zero attached hydrogens (tertiary/aromatic N) is 6. The van der Waals surface area contributed by atoms with E-state index in [0.717, 1.165) is 5.56 Å². The number of carbonyl (C=O) groups excluding carboxylic acids is 1. The first-order valence-electron chi connectivity index (χ1n) is 7.94. The number of pyridine rings is 1. The van der Waals surface area contributed by atoms with Gasteiger partial charge in [-0.15, -0.1) is 6.58 Å². The lowest BCUT2D eigenvalue weighted by atomic mass is 10.2. The van der Waals surface area contributed by atoms with Gasteiger partial charge in [0.25, 0.3) is 11.5 Å². The molecule has 0 saturated heterocycles. The van der Waals surface area contributed by atoms with Crippen molar-refractivity contribution in [3.05, 3.63) is 52.6 Å². The Kier molecular flexibility index (Phi) is 3.87. The Hall–Kier alpha value is -2.94. The van der Waals surface area contributed by atoms with Crippen LogP contribution in [-0.4, -0.2) is 48.4 Å². The molecule has 0 unspecified atom stereocenters. The van der Waals surface area contributed by atoms with E-state index >= 15 is 0 Å². The van der Waals surface area contributed by atoms with E-state index in [1.54, 1.807) is 28.8 Å². The van der Waals surface area contributed by atoms with Crippen LogP contribution < -0.4 is 5.56 Å². The molecule has 3 aromatic rings. The van der Waals surface area contributed by atoms with Gasteiger partial charge in [0.2, 0.25) is 0 Å². The predicted molar refractivity (Wildman–Crippen MR) is 98.7 cm³/mol. The Morgan fingerprint density at radius 3 is 2.85 bits per heavy atom. The van der Waals surface area contributed by atoms with E-state index in [-0.39, 0.29) is 18.0 Å². The van der Waals surface area contributed by atoms with Crippen molar-refractivity contribution in [2.75, 3.05) is 13.3 Å². The van der Waals surface area contributed by atoms with Gasteiger partial charge in [0.15, 0.2) is 16.6 Å². The highest BCUT2D eigenvalue weighted by Crippen LogP contribution is 2.23. The molecule has 1 amide bonds. The number of thioether (sulfide) groups is 1. The zero-order valence-electron chi connectivity index (χ0n) is 14.3. The maximum Gasteiger partial charge on any atom is 0.278 e. The Morgan fingerprint density at radius 2 is 2.12 bits per heavy atom. The van der Waals surface area contributed by atoms with E-state index in [2.05, 4.69) is 21.5 Å². The lowest BCUT2D eigenvalue weighted by Crippen LogP contribution is -2.23. The van der Waals surface area contributed by atoms with Gasteiger partial charge in [-0.25, -0.2) is 24.3 Å². The van der Waals surface area contributed by atoms with Crippen molar-refractivity contribution < 1.29 is 4.79 Å². The molecule has 0 bridgehead atoms. The highest BCUT2D eigenvalue weighted by molar-refractivity contribution is 7.98. The predicted octanol–water partition coefficient (Wildman–Crippen LogP) is 1.47. The molecule has 4 heterocycles.